The van der Waals surface area contributed by atoms with Gasteiger partial charge in [-0.15, -0.1) is 0 Å². The molecule has 0 N–H and O–H groups in total. The molecule has 0 spiro atoms. The molecule has 0 radical (unpaired) electrons. The molecule has 0 saturated carbocycles. The summed E-state index contributed by atoms with van der Waals surface area (Å²) in [5.41, 5.74) is 7.21. The monoisotopic (exact) mass is 354 g/mol. The van der Waals surface area contributed by atoms with Crippen molar-refractivity contribution in [3.8, 4) is 11.5 Å². The summed E-state index contributed by atoms with van der Waals surface area (Å²) in [6, 6.07) is 16.1. The van der Waals surface area contributed by atoms with Crippen LogP contribution in [0.1, 0.15) is 45.1 Å². The minimum atomic E-state index is 0.0574. The molecule has 1 heterocycles. The second-order valence-corrected chi connectivity index (χ2v) is 7.29. The van der Waals surface area contributed by atoms with E-state index in [2.05, 4.69) is 38.6 Å². The zero-order valence-corrected chi connectivity index (χ0v) is 16.1. The van der Waals surface area contributed by atoms with Crippen molar-refractivity contribution < 1.29 is 9.53 Å². The van der Waals surface area contributed by atoms with Gasteiger partial charge in [-0.25, -0.2) is 0 Å². The summed E-state index contributed by atoms with van der Waals surface area (Å²) in [4.78, 5) is 12.3. The number of Topliss-reactive ketones (excluding diaryl/α,β-unsaturated/α-hetero) is 1. The van der Waals surface area contributed by atoms with E-state index in [4.69, 9.17) is 4.74 Å². The van der Waals surface area contributed by atoms with Crippen molar-refractivity contribution in [2.24, 2.45) is 0 Å². The Bertz CT molecular complexity index is 1220. The summed E-state index contributed by atoms with van der Waals surface area (Å²) in [5.74, 6) is 1.67. The number of aryl methyl sites for hydroxylation is 3. The Morgan fingerprint density at radius 3 is 2.30 bits per heavy atom. The van der Waals surface area contributed by atoms with Crippen LogP contribution in [0.2, 0.25) is 0 Å². The predicted molar refractivity (Wildman–Crippen MR) is 110 cm³/mol. The van der Waals surface area contributed by atoms with Gasteiger partial charge in [0.2, 0.25) is 0 Å². The second-order valence-electron chi connectivity index (χ2n) is 7.29. The normalized spacial score (nSPS) is 12.2. The number of carbonyl (C=O) groups is 1. The van der Waals surface area contributed by atoms with Crippen molar-refractivity contribution in [2.75, 3.05) is 0 Å². The highest BCUT2D eigenvalue weighted by molar-refractivity contribution is 6.01. The van der Waals surface area contributed by atoms with Crippen LogP contribution in [-0.4, -0.2) is 5.78 Å². The first-order chi connectivity index (χ1) is 12.9. The first kappa shape index (κ1) is 17.3. The molecule has 0 fully saturated rings. The molecule has 0 bridgehead atoms. The van der Waals surface area contributed by atoms with E-state index in [1.165, 1.54) is 11.1 Å². The van der Waals surface area contributed by atoms with E-state index in [9.17, 15) is 4.79 Å². The lowest BCUT2D eigenvalue weighted by molar-refractivity contribution is 0.101. The van der Waals surface area contributed by atoms with Crippen LogP contribution in [0, 0.1) is 20.8 Å². The number of rotatable bonds is 2. The summed E-state index contributed by atoms with van der Waals surface area (Å²) in [5, 5.41) is 1.95. The maximum absolute atomic E-state index is 12.3. The average Bonchev–Trinajstić information content (AvgIpc) is 2.63. The van der Waals surface area contributed by atoms with Gasteiger partial charge < -0.3 is 4.74 Å². The molecule has 3 aromatic rings. The van der Waals surface area contributed by atoms with Crippen molar-refractivity contribution in [3.05, 3.63) is 92.3 Å². The van der Waals surface area contributed by atoms with Crippen LogP contribution in [0.25, 0.3) is 12.2 Å². The Morgan fingerprint density at radius 1 is 0.852 bits per heavy atom. The van der Waals surface area contributed by atoms with Crippen molar-refractivity contribution in [1.82, 2.24) is 0 Å². The molecular formula is C25H22O2. The van der Waals surface area contributed by atoms with Gasteiger partial charge in [0.05, 0.1) is 0 Å². The fraction of sp³-hybridized carbons (Fsp3) is 0.160. The van der Waals surface area contributed by atoms with Gasteiger partial charge in [-0.1, -0.05) is 30.8 Å². The molecule has 4 rings (SSSR count). The summed E-state index contributed by atoms with van der Waals surface area (Å²) >= 11 is 0. The van der Waals surface area contributed by atoms with Crippen LogP contribution in [0.5, 0.6) is 11.5 Å². The maximum atomic E-state index is 12.3. The molecule has 2 heteroatoms. The van der Waals surface area contributed by atoms with E-state index >= 15 is 0 Å². The third kappa shape index (κ3) is 2.78. The molecular weight excluding hydrogens is 332 g/mol. The van der Waals surface area contributed by atoms with Crippen molar-refractivity contribution in [3.63, 3.8) is 0 Å². The molecule has 0 atom stereocenters. The summed E-state index contributed by atoms with van der Waals surface area (Å²) in [7, 11) is 0. The van der Waals surface area contributed by atoms with Crippen molar-refractivity contribution in [1.29, 1.82) is 0 Å². The maximum Gasteiger partial charge on any atom is 0.160 e. The fourth-order valence-electron chi connectivity index (χ4n) is 3.64. The first-order valence-corrected chi connectivity index (χ1v) is 9.10. The minimum absolute atomic E-state index is 0.0574. The number of hydrogen-bond donors (Lipinski definition) is 0. The summed E-state index contributed by atoms with van der Waals surface area (Å²) < 4.78 is 6.26. The molecule has 2 nitrogen and oxygen atoms in total. The number of hydrogen-bond acceptors (Lipinski definition) is 2. The van der Waals surface area contributed by atoms with Gasteiger partial charge in [0, 0.05) is 21.9 Å². The van der Waals surface area contributed by atoms with Crippen LogP contribution in [0.4, 0.5) is 0 Å². The Balaban J connectivity index is 2.21. The number of benzene rings is 3. The van der Waals surface area contributed by atoms with Crippen LogP contribution in [0.3, 0.4) is 0 Å². The van der Waals surface area contributed by atoms with Gasteiger partial charge in [-0.3, -0.25) is 4.79 Å². The summed E-state index contributed by atoms with van der Waals surface area (Å²) in [6.07, 6.45) is 0. The molecule has 0 aromatic heterocycles. The van der Waals surface area contributed by atoms with Gasteiger partial charge in [-0.05, 0) is 79.4 Å². The molecule has 0 unspecified atom stereocenters. The number of fused-ring (bicyclic) bond motifs is 2. The van der Waals surface area contributed by atoms with E-state index in [0.717, 1.165) is 49.8 Å². The number of carbonyl (C=O) groups excluding carboxylic acids is 1. The quantitative estimate of drug-likeness (QED) is 0.493. The molecule has 0 saturated heterocycles. The molecule has 3 aromatic carbocycles. The van der Waals surface area contributed by atoms with Gasteiger partial charge >= 0.3 is 0 Å². The minimum Gasteiger partial charge on any atom is -0.456 e. The lowest BCUT2D eigenvalue weighted by atomic mass is 9.87. The smallest absolute Gasteiger partial charge is 0.160 e. The molecule has 134 valence electrons. The van der Waals surface area contributed by atoms with E-state index in [-0.39, 0.29) is 5.78 Å². The Labute approximate surface area is 159 Å². The highest BCUT2D eigenvalue weighted by atomic mass is 16.5. The molecule has 0 aliphatic carbocycles. The van der Waals surface area contributed by atoms with E-state index in [0.29, 0.717) is 0 Å². The third-order valence-corrected chi connectivity index (χ3v) is 5.37. The zero-order valence-electron chi connectivity index (χ0n) is 16.1. The lowest BCUT2D eigenvalue weighted by Crippen LogP contribution is -2.22. The topological polar surface area (TPSA) is 26.3 Å². The zero-order chi connectivity index (χ0) is 19.3. The number of ether oxygens (including phenoxy) is 1. The fourth-order valence-corrected chi connectivity index (χ4v) is 3.64. The Hall–Kier alpha value is -3.13. The second kappa shape index (κ2) is 6.24. The van der Waals surface area contributed by atoms with E-state index < -0.39 is 0 Å². The van der Waals surface area contributed by atoms with Crippen LogP contribution in [0.15, 0.2) is 48.5 Å². The van der Waals surface area contributed by atoms with Gasteiger partial charge in [0.1, 0.15) is 11.5 Å². The molecule has 27 heavy (non-hydrogen) atoms. The molecule has 1 aliphatic heterocycles. The Kier molecular flexibility index (Phi) is 4.00. The largest absolute Gasteiger partial charge is 0.456 e. The van der Waals surface area contributed by atoms with Crippen LogP contribution < -0.4 is 15.2 Å². The third-order valence-electron chi connectivity index (χ3n) is 5.37. The van der Waals surface area contributed by atoms with Crippen LogP contribution in [-0.2, 0) is 0 Å². The van der Waals surface area contributed by atoms with E-state index in [1.807, 2.05) is 37.3 Å². The van der Waals surface area contributed by atoms with Gasteiger partial charge in [0.25, 0.3) is 0 Å². The van der Waals surface area contributed by atoms with Gasteiger partial charge in [0.15, 0.2) is 5.78 Å². The van der Waals surface area contributed by atoms with Crippen molar-refractivity contribution >= 4 is 17.9 Å². The summed E-state index contributed by atoms with van der Waals surface area (Å²) in [6.45, 7) is 12.0. The number of ketones is 1. The first-order valence-electron chi connectivity index (χ1n) is 9.10. The SMILES string of the molecule is C=c1cc2c(cc1C)=C(c1ccccc1C(C)=O)c1cc(C)c(C)cc1O2. The van der Waals surface area contributed by atoms with Crippen molar-refractivity contribution in [2.45, 2.75) is 27.7 Å². The predicted octanol–water partition coefficient (Wildman–Crippen LogP) is 4.58. The lowest BCUT2D eigenvalue weighted by Gasteiger charge is -2.24. The average molecular weight is 354 g/mol. The van der Waals surface area contributed by atoms with Crippen LogP contribution >= 0.6 is 0 Å². The Morgan fingerprint density at radius 2 is 1.56 bits per heavy atom. The van der Waals surface area contributed by atoms with Gasteiger partial charge in [-0.2, -0.15) is 0 Å². The highest BCUT2D eigenvalue weighted by Gasteiger charge is 2.23. The highest BCUT2D eigenvalue weighted by Crippen LogP contribution is 2.38. The van der Waals surface area contributed by atoms with E-state index in [1.54, 1.807) is 6.92 Å². The molecule has 0 amide bonds. The standard InChI is InChI=1S/C25H22O2/c1-14-10-21-23(12-16(14)3)27-24-13-17(4)15(2)11-22(24)25(21)20-9-7-6-8-19(20)18(5)26/h6-13H,3H2,1-2,4-5H3. The molecule has 1 aliphatic rings.